The Morgan fingerprint density at radius 1 is 0.500 bits per heavy atom. The summed E-state index contributed by atoms with van der Waals surface area (Å²) in [5.41, 5.74) is -4.80. The molecule has 0 aliphatic carbocycles. The second kappa shape index (κ2) is 7.83. The van der Waals surface area contributed by atoms with Gasteiger partial charge in [0, 0.05) is 35.6 Å². The Hall–Kier alpha value is -5.86. The van der Waals surface area contributed by atoms with Crippen molar-refractivity contribution in [1.29, 1.82) is 21.0 Å². The number of halogens is 6. The van der Waals surface area contributed by atoms with Crippen LogP contribution in [0.3, 0.4) is 0 Å². The number of hydrogen-bond acceptors (Lipinski definition) is 6. The number of nitrogens with zero attached hydrogens (tertiary/aromatic N) is 8. The quantitative estimate of drug-likeness (QED) is 0.212. The lowest BCUT2D eigenvalue weighted by Crippen LogP contribution is -2.18. The molecule has 0 radical (unpaired) electrons. The van der Waals surface area contributed by atoms with Crippen molar-refractivity contribution >= 4 is 65.5 Å². The molecule has 0 fully saturated rings. The molecule has 2 heterocycles. The van der Waals surface area contributed by atoms with Gasteiger partial charge in [0.05, 0.1) is 21.8 Å². The number of benzene rings is 4. The molecule has 0 saturated carbocycles. The van der Waals surface area contributed by atoms with Gasteiger partial charge in [-0.1, -0.05) is 0 Å². The van der Waals surface area contributed by atoms with Gasteiger partial charge in [-0.3, -0.25) is 0 Å². The standard InChI is InChI=1S/C26H6F6N8/c1-39-23-13-9-10-12(16(28)15(27)11(9)19(31)21(23)37-25(39)7(3-33)4-34)20(32)22-24(14(10)18(30)17(13)29)40(2)26(38-22)8(5-35)6-36/h1-2H3. The highest BCUT2D eigenvalue weighted by molar-refractivity contribution is 6.32. The van der Waals surface area contributed by atoms with E-state index in [0.29, 0.717) is 0 Å². The summed E-state index contributed by atoms with van der Waals surface area (Å²) in [5, 5.41) is 31.7. The van der Waals surface area contributed by atoms with Crippen LogP contribution < -0.4 is 11.0 Å². The molecule has 0 amide bonds. The summed E-state index contributed by atoms with van der Waals surface area (Å²) < 4.78 is 96.6. The maximum atomic E-state index is 16.0. The van der Waals surface area contributed by atoms with E-state index in [4.69, 9.17) is 0 Å². The SMILES string of the molecule is Cn1c(=C(C#N)C#N)nc2c(F)c3c(F)c(F)c4c(F)c5nc(=C(C#N)C#N)n(C)c5c5c(F)c(F)c(c3c45)c21. The third-order valence-electron chi connectivity index (χ3n) is 6.93. The first-order valence-corrected chi connectivity index (χ1v) is 11.0. The van der Waals surface area contributed by atoms with Crippen LogP contribution in [0.5, 0.6) is 0 Å². The second-order valence-corrected chi connectivity index (χ2v) is 8.71. The minimum Gasteiger partial charge on any atom is -0.325 e. The van der Waals surface area contributed by atoms with Crippen molar-refractivity contribution in [2.24, 2.45) is 14.1 Å². The van der Waals surface area contributed by atoms with E-state index in [1.165, 1.54) is 24.3 Å². The summed E-state index contributed by atoms with van der Waals surface area (Å²) in [6, 6.07) is 6.14. The van der Waals surface area contributed by atoms with Crippen LogP contribution in [-0.2, 0) is 14.1 Å². The molecule has 0 aliphatic heterocycles. The Morgan fingerprint density at radius 2 is 0.800 bits per heavy atom. The fraction of sp³-hybridized carbons (Fsp3) is 0.0769. The van der Waals surface area contributed by atoms with Crippen LogP contribution in [0.2, 0.25) is 0 Å². The lowest BCUT2D eigenvalue weighted by Gasteiger charge is -2.17. The predicted molar refractivity (Wildman–Crippen MR) is 127 cm³/mol. The molecule has 6 aromatic rings. The minimum absolute atomic E-state index is 0.462. The highest BCUT2D eigenvalue weighted by Gasteiger charge is 2.34. The average Bonchev–Trinajstić information content (AvgIpc) is 3.46. The van der Waals surface area contributed by atoms with Crippen LogP contribution in [-0.4, -0.2) is 19.1 Å². The molecule has 0 spiro atoms. The number of fused-ring (bicyclic) bond motifs is 4. The van der Waals surface area contributed by atoms with Crippen LogP contribution in [0, 0.1) is 80.2 Å². The lowest BCUT2D eigenvalue weighted by molar-refractivity contribution is 0.514. The summed E-state index contributed by atoms with van der Waals surface area (Å²) in [6.45, 7) is 0. The number of imidazole rings is 2. The number of hydrogen-bond donors (Lipinski definition) is 0. The van der Waals surface area contributed by atoms with Gasteiger partial charge in [0.2, 0.25) is 0 Å². The van der Waals surface area contributed by atoms with Gasteiger partial charge in [-0.2, -0.15) is 21.0 Å². The van der Waals surface area contributed by atoms with Crippen molar-refractivity contribution < 1.29 is 26.3 Å². The average molecular weight is 544 g/mol. The molecule has 8 nitrogen and oxygen atoms in total. The molecule has 2 aromatic heterocycles. The molecule has 0 aliphatic rings. The summed E-state index contributed by atoms with van der Waals surface area (Å²) in [6.07, 6.45) is 0. The first kappa shape index (κ1) is 24.5. The molecule has 4 aromatic carbocycles. The molecule has 0 unspecified atom stereocenters. The van der Waals surface area contributed by atoms with Gasteiger partial charge in [0.15, 0.2) is 57.0 Å². The Bertz CT molecular complexity index is 2310. The minimum atomic E-state index is -1.93. The Labute approximate surface area is 216 Å². The van der Waals surface area contributed by atoms with E-state index in [-0.39, 0.29) is 0 Å². The molecule has 0 bridgehead atoms. The third kappa shape index (κ3) is 2.57. The molecular formula is C26H6F6N8. The number of rotatable bonds is 0. The van der Waals surface area contributed by atoms with E-state index in [1.807, 2.05) is 0 Å². The fourth-order valence-electron chi connectivity index (χ4n) is 5.29. The van der Waals surface area contributed by atoms with Crippen molar-refractivity contribution in [1.82, 2.24) is 19.1 Å². The third-order valence-corrected chi connectivity index (χ3v) is 6.93. The maximum Gasteiger partial charge on any atom is 0.172 e. The van der Waals surface area contributed by atoms with Crippen molar-refractivity contribution in [2.45, 2.75) is 0 Å². The Balaban J connectivity index is 2.11. The van der Waals surface area contributed by atoms with Crippen molar-refractivity contribution in [3.05, 3.63) is 45.9 Å². The molecule has 40 heavy (non-hydrogen) atoms. The Morgan fingerprint density at radius 3 is 1.10 bits per heavy atom. The largest absolute Gasteiger partial charge is 0.325 e. The number of aryl methyl sites for hydroxylation is 2. The van der Waals surface area contributed by atoms with E-state index < -0.39 is 111 Å². The molecular weight excluding hydrogens is 538 g/mol. The van der Waals surface area contributed by atoms with E-state index in [9.17, 15) is 21.0 Å². The van der Waals surface area contributed by atoms with Crippen LogP contribution in [0.4, 0.5) is 26.3 Å². The first-order chi connectivity index (χ1) is 19.0. The van der Waals surface area contributed by atoms with Gasteiger partial charge in [0.1, 0.15) is 35.3 Å². The lowest BCUT2D eigenvalue weighted by atomic mass is 9.90. The zero-order valence-corrected chi connectivity index (χ0v) is 19.8. The number of aromatic nitrogens is 4. The van der Waals surface area contributed by atoms with Gasteiger partial charge in [-0.15, -0.1) is 0 Å². The first-order valence-electron chi connectivity index (χ1n) is 11.0. The van der Waals surface area contributed by atoms with Gasteiger partial charge in [-0.25, -0.2) is 36.3 Å². The highest BCUT2D eigenvalue weighted by Crippen LogP contribution is 2.47. The number of nitriles is 4. The summed E-state index contributed by atoms with van der Waals surface area (Å²) >= 11 is 0. The van der Waals surface area contributed by atoms with Crippen molar-refractivity contribution in [2.75, 3.05) is 0 Å². The zero-order valence-electron chi connectivity index (χ0n) is 19.8. The fourth-order valence-corrected chi connectivity index (χ4v) is 5.29. The monoisotopic (exact) mass is 544 g/mol. The molecule has 0 N–H and O–H groups in total. The van der Waals surface area contributed by atoms with Crippen LogP contribution in [0.25, 0.3) is 65.5 Å². The zero-order chi connectivity index (χ0) is 28.9. The summed E-state index contributed by atoms with van der Waals surface area (Å²) in [5.74, 6) is -10.3. The van der Waals surface area contributed by atoms with E-state index >= 15 is 26.3 Å². The molecule has 192 valence electrons. The predicted octanol–water partition coefficient (Wildman–Crippen LogP) is 3.59. The topological polar surface area (TPSA) is 131 Å². The Kier molecular flexibility index (Phi) is 4.79. The maximum absolute atomic E-state index is 16.0. The van der Waals surface area contributed by atoms with Crippen molar-refractivity contribution in [3.8, 4) is 24.3 Å². The van der Waals surface area contributed by atoms with E-state index in [1.54, 1.807) is 0 Å². The van der Waals surface area contributed by atoms with E-state index in [2.05, 4.69) is 9.97 Å². The molecule has 0 atom stereocenters. The van der Waals surface area contributed by atoms with Gasteiger partial charge in [-0.05, 0) is 0 Å². The normalized spacial score (nSPS) is 11.4. The van der Waals surface area contributed by atoms with E-state index in [0.717, 1.165) is 23.2 Å². The van der Waals surface area contributed by atoms with Gasteiger partial charge >= 0.3 is 0 Å². The van der Waals surface area contributed by atoms with Gasteiger partial charge < -0.3 is 9.13 Å². The van der Waals surface area contributed by atoms with Gasteiger partial charge in [0.25, 0.3) is 0 Å². The van der Waals surface area contributed by atoms with Crippen LogP contribution >= 0.6 is 0 Å². The molecule has 14 heteroatoms. The molecule has 6 rings (SSSR count). The summed E-state index contributed by atoms with van der Waals surface area (Å²) in [7, 11) is 2.33. The van der Waals surface area contributed by atoms with Crippen molar-refractivity contribution in [3.63, 3.8) is 0 Å². The highest BCUT2D eigenvalue weighted by atomic mass is 19.2. The van der Waals surface area contributed by atoms with Crippen LogP contribution in [0.1, 0.15) is 0 Å². The van der Waals surface area contributed by atoms with Crippen LogP contribution in [0.15, 0.2) is 0 Å². The molecule has 0 saturated heterocycles. The summed E-state index contributed by atoms with van der Waals surface area (Å²) in [4.78, 5) is 7.64. The second-order valence-electron chi connectivity index (χ2n) is 8.71. The smallest absolute Gasteiger partial charge is 0.172 e.